The minimum atomic E-state index is 0.366. The molecule has 5 heteroatoms. The monoisotopic (exact) mass is 294 g/mol. The normalized spacial score (nSPS) is 10.9. The van der Waals surface area contributed by atoms with E-state index in [4.69, 9.17) is 0 Å². The smallest absolute Gasteiger partial charge is 0.130 e. The zero-order valence-corrected chi connectivity index (χ0v) is 11.7. The first-order chi connectivity index (χ1) is 8.06. The van der Waals surface area contributed by atoms with Crippen LogP contribution in [-0.2, 0) is 0 Å². The molecule has 0 amide bonds. The van der Waals surface area contributed by atoms with Crippen LogP contribution in [0.2, 0.25) is 0 Å². The minimum absolute atomic E-state index is 0.366. The number of nitrogens with zero attached hydrogens (tertiary/aromatic N) is 3. The Labute approximate surface area is 109 Å². The number of hydrogen-bond donors (Lipinski definition) is 1. The van der Waals surface area contributed by atoms with E-state index in [2.05, 4.69) is 45.2 Å². The number of anilines is 2. The zero-order valence-electron chi connectivity index (χ0n) is 10.1. The SMILES string of the molecule is Cc1cc(Nc2cnn(C(C)C)c2)ncc1Br. The second-order valence-electron chi connectivity index (χ2n) is 4.25. The number of pyridine rings is 1. The fourth-order valence-corrected chi connectivity index (χ4v) is 1.66. The van der Waals surface area contributed by atoms with E-state index in [9.17, 15) is 0 Å². The maximum absolute atomic E-state index is 4.29. The molecule has 0 fully saturated rings. The van der Waals surface area contributed by atoms with E-state index in [0.717, 1.165) is 21.5 Å². The molecular weight excluding hydrogens is 280 g/mol. The first-order valence-electron chi connectivity index (χ1n) is 5.49. The Morgan fingerprint density at radius 1 is 1.35 bits per heavy atom. The molecule has 1 N–H and O–H groups in total. The van der Waals surface area contributed by atoms with Crippen LogP contribution < -0.4 is 5.32 Å². The minimum Gasteiger partial charge on any atom is -0.338 e. The highest BCUT2D eigenvalue weighted by atomic mass is 79.9. The van der Waals surface area contributed by atoms with E-state index in [0.29, 0.717) is 6.04 Å². The average Bonchev–Trinajstić information content (AvgIpc) is 2.72. The van der Waals surface area contributed by atoms with Crippen LogP contribution in [0.1, 0.15) is 25.5 Å². The first-order valence-corrected chi connectivity index (χ1v) is 6.29. The second kappa shape index (κ2) is 4.87. The third kappa shape index (κ3) is 2.85. The molecule has 2 heterocycles. The van der Waals surface area contributed by atoms with Crippen molar-refractivity contribution in [1.29, 1.82) is 0 Å². The molecule has 0 atom stereocenters. The zero-order chi connectivity index (χ0) is 12.4. The highest BCUT2D eigenvalue weighted by Crippen LogP contribution is 2.20. The van der Waals surface area contributed by atoms with Gasteiger partial charge in [-0.1, -0.05) is 0 Å². The van der Waals surface area contributed by atoms with Crippen molar-refractivity contribution >= 4 is 27.4 Å². The van der Waals surface area contributed by atoms with Gasteiger partial charge in [0.25, 0.3) is 0 Å². The molecule has 0 saturated heterocycles. The van der Waals surface area contributed by atoms with Crippen molar-refractivity contribution in [2.75, 3.05) is 5.32 Å². The van der Waals surface area contributed by atoms with Crippen molar-refractivity contribution in [3.8, 4) is 0 Å². The lowest BCUT2D eigenvalue weighted by Crippen LogP contribution is -2.00. The standard InChI is InChI=1S/C12H15BrN4/c1-8(2)17-7-10(5-15-17)16-12-4-9(3)11(13)6-14-12/h4-8H,1-3H3,(H,14,16). The van der Waals surface area contributed by atoms with Crippen molar-refractivity contribution < 1.29 is 0 Å². The number of halogens is 1. The Balaban J connectivity index is 2.16. The van der Waals surface area contributed by atoms with E-state index < -0.39 is 0 Å². The summed E-state index contributed by atoms with van der Waals surface area (Å²) in [5, 5.41) is 7.50. The van der Waals surface area contributed by atoms with Crippen molar-refractivity contribution in [2.45, 2.75) is 26.8 Å². The van der Waals surface area contributed by atoms with Gasteiger partial charge in [0.2, 0.25) is 0 Å². The highest BCUT2D eigenvalue weighted by molar-refractivity contribution is 9.10. The van der Waals surface area contributed by atoms with Crippen LogP contribution in [0.5, 0.6) is 0 Å². The van der Waals surface area contributed by atoms with Gasteiger partial charge in [-0.2, -0.15) is 5.10 Å². The maximum atomic E-state index is 4.29. The summed E-state index contributed by atoms with van der Waals surface area (Å²) in [6.07, 6.45) is 5.58. The van der Waals surface area contributed by atoms with Crippen LogP contribution >= 0.6 is 15.9 Å². The molecule has 0 radical (unpaired) electrons. The summed E-state index contributed by atoms with van der Waals surface area (Å²) < 4.78 is 2.93. The molecule has 0 spiro atoms. The summed E-state index contributed by atoms with van der Waals surface area (Å²) in [5.74, 6) is 0.828. The summed E-state index contributed by atoms with van der Waals surface area (Å²) >= 11 is 3.43. The molecule has 0 aliphatic rings. The summed E-state index contributed by atoms with van der Waals surface area (Å²) in [4.78, 5) is 4.29. The van der Waals surface area contributed by atoms with Crippen molar-refractivity contribution in [3.05, 3.63) is 34.7 Å². The highest BCUT2D eigenvalue weighted by Gasteiger charge is 2.03. The summed E-state index contributed by atoms with van der Waals surface area (Å²) in [5.41, 5.74) is 2.10. The Kier molecular flexibility index (Phi) is 3.47. The molecule has 2 rings (SSSR count). The molecule has 0 unspecified atom stereocenters. The van der Waals surface area contributed by atoms with Gasteiger partial charge in [-0.3, -0.25) is 4.68 Å². The molecule has 2 aromatic heterocycles. The molecule has 4 nitrogen and oxygen atoms in total. The predicted molar refractivity (Wildman–Crippen MR) is 72.6 cm³/mol. The molecule has 0 bridgehead atoms. The van der Waals surface area contributed by atoms with Crippen LogP contribution in [0.25, 0.3) is 0 Å². The largest absolute Gasteiger partial charge is 0.338 e. The van der Waals surface area contributed by atoms with E-state index in [1.807, 2.05) is 23.9 Å². The number of nitrogens with one attached hydrogen (secondary N) is 1. The molecule has 0 aliphatic heterocycles. The fourth-order valence-electron chi connectivity index (χ4n) is 1.44. The number of hydrogen-bond acceptors (Lipinski definition) is 3. The van der Waals surface area contributed by atoms with E-state index in [-0.39, 0.29) is 0 Å². The lowest BCUT2D eigenvalue weighted by Gasteiger charge is -2.05. The Hall–Kier alpha value is -1.36. The van der Waals surface area contributed by atoms with Gasteiger partial charge < -0.3 is 5.32 Å². The van der Waals surface area contributed by atoms with Gasteiger partial charge in [0.15, 0.2) is 0 Å². The van der Waals surface area contributed by atoms with E-state index >= 15 is 0 Å². The summed E-state index contributed by atoms with van der Waals surface area (Å²) in [7, 11) is 0. The van der Waals surface area contributed by atoms with Gasteiger partial charge in [-0.25, -0.2) is 4.98 Å². The Morgan fingerprint density at radius 2 is 2.12 bits per heavy atom. The molecule has 0 aromatic carbocycles. The van der Waals surface area contributed by atoms with Crippen LogP contribution in [0, 0.1) is 6.92 Å². The third-order valence-electron chi connectivity index (χ3n) is 2.45. The summed E-state index contributed by atoms with van der Waals surface area (Å²) in [6, 6.07) is 2.36. The van der Waals surface area contributed by atoms with Crippen molar-refractivity contribution in [1.82, 2.24) is 14.8 Å². The van der Waals surface area contributed by atoms with E-state index in [1.165, 1.54) is 0 Å². The van der Waals surface area contributed by atoms with Gasteiger partial charge >= 0.3 is 0 Å². The molecule has 17 heavy (non-hydrogen) atoms. The topological polar surface area (TPSA) is 42.7 Å². The quantitative estimate of drug-likeness (QED) is 0.939. The van der Waals surface area contributed by atoms with Gasteiger partial charge in [0, 0.05) is 22.9 Å². The first kappa shape index (κ1) is 12.1. The Morgan fingerprint density at radius 3 is 2.71 bits per heavy atom. The molecule has 0 saturated carbocycles. The van der Waals surface area contributed by atoms with Crippen LogP contribution in [-0.4, -0.2) is 14.8 Å². The molecule has 0 aliphatic carbocycles. The summed E-state index contributed by atoms with van der Waals surface area (Å²) in [6.45, 7) is 6.23. The van der Waals surface area contributed by atoms with Crippen molar-refractivity contribution in [3.63, 3.8) is 0 Å². The fraction of sp³-hybridized carbons (Fsp3) is 0.333. The Bertz CT molecular complexity index is 519. The van der Waals surface area contributed by atoms with Crippen LogP contribution in [0.4, 0.5) is 11.5 Å². The third-order valence-corrected chi connectivity index (χ3v) is 3.28. The van der Waals surface area contributed by atoms with Crippen molar-refractivity contribution in [2.24, 2.45) is 0 Å². The van der Waals surface area contributed by atoms with Gasteiger partial charge in [0.05, 0.1) is 11.9 Å². The van der Waals surface area contributed by atoms with Gasteiger partial charge in [-0.05, 0) is 48.3 Å². The second-order valence-corrected chi connectivity index (χ2v) is 5.10. The average molecular weight is 295 g/mol. The molecule has 2 aromatic rings. The maximum Gasteiger partial charge on any atom is 0.130 e. The number of aryl methyl sites for hydroxylation is 1. The number of aromatic nitrogens is 3. The molecular formula is C12H15BrN4. The predicted octanol–water partition coefficient (Wildman–Crippen LogP) is 3.67. The molecule has 90 valence electrons. The number of rotatable bonds is 3. The lowest BCUT2D eigenvalue weighted by molar-refractivity contribution is 0.532. The van der Waals surface area contributed by atoms with Gasteiger partial charge in [0.1, 0.15) is 5.82 Å². The van der Waals surface area contributed by atoms with Crippen LogP contribution in [0.3, 0.4) is 0 Å². The lowest BCUT2D eigenvalue weighted by atomic mass is 10.3. The van der Waals surface area contributed by atoms with E-state index in [1.54, 1.807) is 12.4 Å². The van der Waals surface area contributed by atoms with Crippen LogP contribution in [0.15, 0.2) is 29.1 Å². The van der Waals surface area contributed by atoms with Gasteiger partial charge in [-0.15, -0.1) is 0 Å².